The van der Waals surface area contributed by atoms with Gasteiger partial charge in [0.05, 0.1) is 12.3 Å². The van der Waals surface area contributed by atoms with Crippen LogP contribution in [0.15, 0.2) is 60.8 Å². The van der Waals surface area contributed by atoms with Crippen molar-refractivity contribution in [3.8, 4) is 0 Å². The van der Waals surface area contributed by atoms with Crippen LogP contribution in [-0.4, -0.2) is 35.8 Å². The van der Waals surface area contributed by atoms with Crippen LogP contribution < -0.4 is 15.5 Å². The van der Waals surface area contributed by atoms with Crippen LogP contribution in [-0.2, 0) is 11.3 Å². The average molecular weight is 423 g/mol. The summed E-state index contributed by atoms with van der Waals surface area (Å²) in [6, 6.07) is 14.8. The van der Waals surface area contributed by atoms with Gasteiger partial charge in [0.1, 0.15) is 11.6 Å². The molecule has 0 saturated carbocycles. The highest BCUT2D eigenvalue weighted by Crippen LogP contribution is 2.25. The predicted octanol–water partition coefficient (Wildman–Crippen LogP) is 4.42. The maximum atomic E-state index is 13.5. The summed E-state index contributed by atoms with van der Waals surface area (Å²) < 4.78 is 18.6. The molecule has 2 aromatic carbocycles. The van der Waals surface area contributed by atoms with Crippen molar-refractivity contribution in [2.24, 2.45) is 0 Å². The molecule has 2 amide bonds. The van der Waals surface area contributed by atoms with Crippen molar-refractivity contribution in [3.05, 3.63) is 77.7 Å². The maximum Gasteiger partial charge on any atom is 0.327 e. The third kappa shape index (κ3) is 6.23. The molecule has 0 aliphatic carbocycles. The van der Waals surface area contributed by atoms with E-state index in [0.29, 0.717) is 30.6 Å². The number of rotatable bonds is 8. The first-order valence-corrected chi connectivity index (χ1v) is 9.94. The lowest BCUT2D eigenvalue weighted by molar-refractivity contribution is 0.190. The molecule has 2 N–H and O–H groups in total. The maximum absolute atomic E-state index is 13.5. The molecule has 1 atom stereocenters. The lowest BCUT2D eigenvalue weighted by atomic mass is 10.1. The van der Waals surface area contributed by atoms with Crippen LogP contribution in [0.5, 0.6) is 0 Å². The summed E-state index contributed by atoms with van der Waals surface area (Å²) >= 11 is 0. The summed E-state index contributed by atoms with van der Waals surface area (Å²) in [7, 11) is 1.62. The van der Waals surface area contributed by atoms with Crippen molar-refractivity contribution < 1.29 is 13.9 Å². The van der Waals surface area contributed by atoms with Gasteiger partial charge in [-0.2, -0.15) is 4.98 Å². The Morgan fingerprint density at radius 2 is 1.84 bits per heavy atom. The van der Waals surface area contributed by atoms with Gasteiger partial charge < -0.3 is 15.4 Å². The zero-order chi connectivity index (χ0) is 22.2. The van der Waals surface area contributed by atoms with Crippen molar-refractivity contribution in [1.82, 2.24) is 15.3 Å². The average Bonchev–Trinajstić information content (AvgIpc) is 2.75. The van der Waals surface area contributed by atoms with E-state index >= 15 is 0 Å². The number of carbonyl (C=O) groups excluding carboxylic acids is 1. The number of nitrogens with one attached hydrogen (secondary N) is 2. The van der Waals surface area contributed by atoms with E-state index in [1.807, 2.05) is 38.1 Å². The number of hydrogen-bond acceptors (Lipinski definition) is 5. The number of amides is 2. The van der Waals surface area contributed by atoms with E-state index in [1.165, 1.54) is 29.2 Å². The second-order valence-electron chi connectivity index (χ2n) is 7.20. The summed E-state index contributed by atoms with van der Waals surface area (Å²) in [5.41, 5.74) is 2.60. The van der Waals surface area contributed by atoms with Crippen LogP contribution in [0.3, 0.4) is 0 Å². The SMILES string of the molecule is COC[C@H](C)Nc1nccc(N(C(=O)NCc2ccc(C)cc2)c2ccc(F)cc2)n1. The van der Waals surface area contributed by atoms with Gasteiger partial charge in [0.2, 0.25) is 5.95 Å². The first kappa shape index (κ1) is 22.2. The number of nitrogens with zero attached hydrogens (tertiary/aromatic N) is 3. The molecule has 0 fully saturated rings. The highest BCUT2D eigenvalue weighted by Gasteiger charge is 2.20. The van der Waals surface area contributed by atoms with Crippen molar-refractivity contribution in [2.45, 2.75) is 26.4 Å². The number of hydrogen-bond donors (Lipinski definition) is 2. The fourth-order valence-electron chi connectivity index (χ4n) is 2.96. The van der Waals surface area contributed by atoms with Crippen molar-refractivity contribution >= 4 is 23.5 Å². The fourth-order valence-corrected chi connectivity index (χ4v) is 2.96. The van der Waals surface area contributed by atoms with E-state index in [-0.39, 0.29) is 17.9 Å². The summed E-state index contributed by atoms with van der Waals surface area (Å²) in [6.07, 6.45) is 1.56. The number of halogens is 1. The third-order valence-corrected chi connectivity index (χ3v) is 4.51. The van der Waals surface area contributed by atoms with Gasteiger partial charge in [-0.3, -0.25) is 0 Å². The lowest BCUT2D eigenvalue weighted by Gasteiger charge is -2.23. The second-order valence-corrected chi connectivity index (χ2v) is 7.20. The Morgan fingerprint density at radius 1 is 1.13 bits per heavy atom. The Hall–Kier alpha value is -3.52. The molecule has 0 aliphatic rings. The number of ether oxygens (including phenoxy) is 1. The Kier molecular flexibility index (Phi) is 7.50. The van der Waals surface area contributed by atoms with Gasteiger partial charge >= 0.3 is 6.03 Å². The van der Waals surface area contributed by atoms with Gasteiger partial charge in [-0.15, -0.1) is 0 Å². The third-order valence-electron chi connectivity index (χ3n) is 4.51. The highest BCUT2D eigenvalue weighted by molar-refractivity contribution is 5.98. The Morgan fingerprint density at radius 3 is 2.52 bits per heavy atom. The summed E-state index contributed by atoms with van der Waals surface area (Å²) in [5, 5.41) is 6.04. The number of aryl methyl sites for hydroxylation is 1. The van der Waals surface area contributed by atoms with Gasteiger partial charge in [-0.05, 0) is 43.7 Å². The van der Waals surface area contributed by atoms with Crippen LogP contribution in [0.1, 0.15) is 18.1 Å². The highest BCUT2D eigenvalue weighted by atomic mass is 19.1. The Labute approximate surface area is 181 Å². The molecule has 31 heavy (non-hydrogen) atoms. The number of methoxy groups -OCH3 is 1. The molecule has 0 saturated heterocycles. The monoisotopic (exact) mass is 423 g/mol. The van der Waals surface area contributed by atoms with Crippen LogP contribution in [0.4, 0.5) is 26.6 Å². The van der Waals surface area contributed by atoms with Gasteiger partial charge in [0, 0.05) is 32.0 Å². The molecule has 0 aliphatic heterocycles. The standard InChI is InChI=1S/C23H26FN5O2/c1-16-4-6-18(7-5-16)14-26-23(30)29(20-10-8-19(24)9-11-20)21-12-13-25-22(28-21)27-17(2)15-31-3/h4-13,17H,14-15H2,1-3H3,(H,26,30)(H,25,27,28)/t17-/m0/s1. The normalized spacial score (nSPS) is 11.6. The lowest BCUT2D eigenvalue weighted by Crippen LogP contribution is -2.37. The minimum Gasteiger partial charge on any atom is -0.383 e. The van der Waals surface area contributed by atoms with Crippen molar-refractivity contribution in [2.75, 3.05) is 23.9 Å². The van der Waals surface area contributed by atoms with Gasteiger partial charge in [0.15, 0.2) is 0 Å². The quantitative estimate of drug-likeness (QED) is 0.561. The Bertz CT molecular complexity index is 996. The van der Waals surface area contributed by atoms with Gasteiger partial charge in [-0.25, -0.2) is 19.1 Å². The number of aromatic nitrogens is 2. The fraction of sp³-hybridized carbons (Fsp3) is 0.261. The second kappa shape index (κ2) is 10.5. The minimum atomic E-state index is -0.387. The van der Waals surface area contributed by atoms with Crippen LogP contribution in [0, 0.1) is 12.7 Å². The van der Waals surface area contributed by atoms with Gasteiger partial charge in [-0.1, -0.05) is 29.8 Å². The zero-order valence-electron chi connectivity index (χ0n) is 17.8. The van der Waals surface area contributed by atoms with E-state index in [1.54, 1.807) is 19.4 Å². The van der Waals surface area contributed by atoms with E-state index in [0.717, 1.165) is 11.1 Å². The number of anilines is 3. The molecule has 162 valence electrons. The Balaban J connectivity index is 1.85. The summed E-state index contributed by atoms with van der Waals surface area (Å²) in [5.74, 6) is 0.331. The van der Waals surface area contributed by atoms with E-state index in [2.05, 4.69) is 20.6 Å². The molecule has 1 aromatic heterocycles. The largest absolute Gasteiger partial charge is 0.383 e. The first-order chi connectivity index (χ1) is 15.0. The topological polar surface area (TPSA) is 79.4 Å². The molecule has 0 radical (unpaired) electrons. The molecule has 0 unspecified atom stereocenters. The van der Waals surface area contributed by atoms with E-state index < -0.39 is 0 Å². The van der Waals surface area contributed by atoms with Crippen LogP contribution >= 0.6 is 0 Å². The first-order valence-electron chi connectivity index (χ1n) is 9.94. The predicted molar refractivity (Wildman–Crippen MR) is 119 cm³/mol. The van der Waals surface area contributed by atoms with Crippen LogP contribution in [0.25, 0.3) is 0 Å². The van der Waals surface area contributed by atoms with Crippen LogP contribution in [0.2, 0.25) is 0 Å². The molecule has 0 bridgehead atoms. The summed E-state index contributed by atoms with van der Waals surface area (Å²) in [4.78, 5) is 23.2. The minimum absolute atomic E-state index is 0.0186. The van der Waals surface area contributed by atoms with Gasteiger partial charge in [0.25, 0.3) is 0 Å². The van der Waals surface area contributed by atoms with E-state index in [4.69, 9.17) is 4.74 Å². The number of carbonyl (C=O) groups is 1. The smallest absolute Gasteiger partial charge is 0.327 e. The van der Waals surface area contributed by atoms with E-state index in [9.17, 15) is 9.18 Å². The number of urea groups is 1. The molecule has 0 spiro atoms. The molecule has 1 heterocycles. The van der Waals surface area contributed by atoms with Crippen molar-refractivity contribution in [3.63, 3.8) is 0 Å². The summed E-state index contributed by atoms with van der Waals surface area (Å²) in [6.45, 7) is 4.77. The molecular weight excluding hydrogens is 397 g/mol. The molecular formula is C23H26FN5O2. The molecule has 7 nitrogen and oxygen atoms in total. The number of benzene rings is 2. The molecule has 3 rings (SSSR count). The molecule has 8 heteroatoms. The zero-order valence-corrected chi connectivity index (χ0v) is 17.8. The molecule has 3 aromatic rings. The van der Waals surface area contributed by atoms with Crippen molar-refractivity contribution in [1.29, 1.82) is 0 Å².